The second-order valence-electron chi connectivity index (χ2n) is 2.63. The summed E-state index contributed by atoms with van der Waals surface area (Å²) in [6.07, 6.45) is 0.0633. The molecule has 58 valence electrons. The van der Waals surface area contributed by atoms with Gasteiger partial charge < -0.3 is 9.47 Å². The highest BCUT2D eigenvalue weighted by Gasteiger charge is 2.46. The molecule has 0 aromatic carbocycles. The first-order chi connectivity index (χ1) is 4.79. The lowest BCUT2D eigenvalue weighted by Gasteiger charge is -2.08. The van der Waals surface area contributed by atoms with Crippen LogP contribution in [0.3, 0.4) is 0 Å². The van der Waals surface area contributed by atoms with E-state index >= 15 is 0 Å². The molecule has 0 N–H and O–H groups in total. The maximum absolute atomic E-state index is 5.87. The fraction of sp³-hybridized carbons (Fsp3) is 1.00. The first kappa shape index (κ1) is 7.17. The summed E-state index contributed by atoms with van der Waals surface area (Å²) >= 11 is 11.7. The van der Waals surface area contributed by atoms with Crippen LogP contribution in [0, 0.1) is 0 Å². The molecule has 0 aromatic heterocycles. The number of halogens is 2. The molecule has 2 saturated heterocycles. The van der Waals surface area contributed by atoms with Crippen molar-refractivity contribution in [2.75, 3.05) is 13.2 Å². The largest absolute Gasteiger partial charge is 0.372 e. The molecule has 2 nitrogen and oxygen atoms in total. The molecule has 0 aliphatic carbocycles. The number of hydrogen-bond acceptors (Lipinski definition) is 2. The highest BCUT2D eigenvalue weighted by molar-refractivity contribution is 6.23. The van der Waals surface area contributed by atoms with Gasteiger partial charge in [-0.15, -0.1) is 23.2 Å². The molecular formula is C6H8Cl2O2. The van der Waals surface area contributed by atoms with Gasteiger partial charge in [0, 0.05) is 0 Å². The van der Waals surface area contributed by atoms with Crippen LogP contribution in [0.25, 0.3) is 0 Å². The van der Waals surface area contributed by atoms with Gasteiger partial charge in [0.2, 0.25) is 0 Å². The molecule has 0 unspecified atom stereocenters. The van der Waals surface area contributed by atoms with Crippen LogP contribution in [-0.4, -0.2) is 36.2 Å². The summed E-state index contributed by atoms with van der Waals surface area (Å²) in [4.78, 5) is 0. The lowest BCUT2D eigenvalue weighted by molar-refractivity contribution is 0.0741. The van der Waals surface area contributed by atoms with Gasteiger partial charge in [0.25, 0.3) is 0 Å². The van der Waals surface area contributed by atoms with Crippen molar-refractivity contribution in [3.8, 4) is 0 Å². The minimum absolute atomic E-state index is 0.00579. The molecule has 0 saturated carbocycles. The quantitative estimate of drug-likeness (QED) is 0.521. The number of rotatable bonds is 0. The highest BCUT2D eigenvalue weighted by Crippen LogP contribution is 2.32. The molecule has 4 heteroatoms. The third kappa shape index (κ3) is 0.944. The van der Waals surface area contributed by atoms with Gasteiger partial charge in [0.15, 0.2) is 0 Å². The normalized spacial score (nSPS) is 53.4. The Balaban J connectivity index is 2.09. The van der Waals surface area contributed by atoms with E-state index in [9.17, 15) is 0 Å². The van der Waals surface area contributed by atoms with Gasteiger partial charge >= 0.3 is 0 Å². The Labute approximate surface area is 69.4 Å². The molecule has 2 aliphatic heterocycles. The van der Waals surface area contributed by atoms with Crippen LogP contribution in [0.2, 0.25) is 0 Å². The van der Waals surface area contributed by atoms with Crippen molar-refractivity contribution in [3.05, 3.63) is 0 Å². The number of hydrogen-bond donors (Lipinski definition) is 0. The second-order valence-corrected chi connectivity index (χ2v) is 3.75. The Morgan fingerprint density at radius 1 is 0.900 bits per heavy atom. The molecule has 0 aromatic rings. The Morgan fingerprint density at radius 3 is 1.70 bits per heavy atom. The van der Waals surface area contributed by atoms with E-state index in [1.54, 1.807) is 0 Å². The maximum Gasteiger partial charge on any atom is 0.104 e. The summed E-state index contributed by atoms with van der Waals surface area (Å²) in [5.74, 6) is 0. The van der Waals surface area contributed by atoms with Crippen LogP contribution < -0.4 is 0 Å². The summed E-state index contributed by atoms with van der Waals surface area (Å²) in [7, 11) is 0. The van der Waals surface area contributed by atoms with Crippen LogP contribution in [0.1, 0.15) is 0 Å². The van der Waals surface area contributed by atoms with Crippen LogP contribution in [0.4, 0.5) is 0 Å². The third-order valence-corrected chi connectivity index (χ3v) is 2.68. The number of fused-ring (bicyclic) bond motifs is 1. The van der Waals surface area contributed by atoms with E-state index in [2.05, 4.69) is 0 Å². The average molecular weight is 183 g/mol. The topological polar surface area (TPSA) is 18.5 Å². The highest BCUT2D eigenvalue weighted by atomic mass is 35.5. The smallest absolute Gasteiger partial charge is 0.104 e. The molecule has 2 heterocycles. The Kier molecular flexibility index (Phi) is 1.81. The van der Waals surface area contributed by atoms with Crippen molar-refractivity contribution in [1.29, 1.82) is 0 Å². The average Bonchev–Trinajstić information content (AvgIpc) is 2.41. The van der Waals surface area contributed by atoms with Crippen molar-refractivity contribution in [2.24, 2.45) is 0 Å². The van der Waals surface area contributed by atoms with E-state index in [4.69, 9.17) is 32.7 Å². The maximum atomic E-state index is 5.87. The standard InChI is InChI=1S/C6H8Cl2O2/c7-3-1-9-6-4(8)2-10-5(3)6/h3-6H,1-2H2/t3-,4-,5-,6+/m1/s1. The second kappa shape index (κ2) is 2.52. The first-order valence-electron chi connectivity index (χ1n) is 3.30. The Morgan fingerprint density at radius 2 is 1.30 bits per heavy atom. The van der Waals surface area contributed by atoms with Gasteiger partial charge in [-0.3, -0.25) is 0 Å². The van der Waals surface area contributed by atoms with Gasteiger partial charge in [0.05, 0.1) is 24.0 Å². The molecule has 10 heavy (non-hydrogen) atoms. The van der Waals surface area contributed by atoms with Crippen LogP contribution in [0.15, 0.2) is 0 Å². The van der Waals surface area contributed by atoms with Crippen molar-refractivity contribution in [2.45, 2.75) is 23.0 Å². The van der Waals surface area contributed by atoms with Crippen LogP contribution >= 0.6 is 23.2 Å². The predicted molar refractivity (Wildman–Crippen MR) is 38.8 cm³/mol. The van der Waals surface area contributed by atoms with E-state index in [0.717, 1.165) is 0 Å². The van der Waals surface area contributed by atoms with E-state index in [-0.39, 0.29) is 23.0 Å². The summed E-state index contributed by atoms with van der Waals surface area (Å²) in [6.45, 7) is 1.14. The minimum Gasteiger partial charge on any atom is -0.372 e. The third-order valence-electron chi connectivity index (χ3n) is 1.93. The van der Waals surface area contributed by atoms with Crippen molar-refractivity contribution in [1.82, 2.24) is 0 Å². The first-order valence-corrected chi connectivity index (χ1v) is 4.17. The lowest BCUT2D eigenvalue weighted by Crippen LogP contribution is -2.26. The molecule has 0 radical (unpaired) electrons. The van der Waals surface area contributed by atoms with E-state index in [1.165, 1.54) is 0 Å². The zero-order valence-electron chi connectivity index (χ0n) is 5.30. The Hall–Kier alpha value is 0.500. The van der Waals surface area contributed by atoms with Gasteiger partial charge in [-0.05, 0) is 0 Å². The molecular weight excluding hydrogens is 175 g/mol. The summed E-state index contributed by atoms with van der Waals surface area (Å²) in [5.41, 5.74) is 0. The predicted octanol–water partition coefficient (Wildman–Crippen LogP) is 0.999. The van der Waals surface area contributed by atoms with Gasteiger partial charge in [-0.1, -0.05) is 0 Å². The van der Waals surface area contributed by atoms with Gasteiger partial charge in [-0.25, -0.2) is 0 Å². The monoisotopic (exact) mass is 182 g/mol. The molecule has 2 rings (SSSR count). The molecule has 2 aliphatic rings. The van der Waals surface area contributed by atoms with Crippen LogP contribution in [0.5, 0.6) is 0 Å². The zero-order chi connectivity index (χ0) is 7.14. The fourth-order valence-electron chi connectivity index (χ4n) is 1.41. The molecule has 4 atom stereocenters. The number of ether oxygens (including phenoxy) is 2. The lowest BCUT2D eigenvalue weighted by atomic mass is 10.2. The SMILES string of the molecule is Cl[C@@H]1CO[C@H]2[C@H]1OC[C@H]2Cl. The van der Waals surface area contributed by atoms with E-state index < -0.39 is 0 Å². The summed E-state index contributed by atoms with van der Waals surface area (Å²) < 4.78 is 10.6. The number of alkyl halides is 2. The minimum atomic E-state index is -0.00579. The summed E-state index contributed by atoms with van der Waals surface area (Å²) in [5, 5.41) is -0.0116. The van der Waals surface area contributed by atoms with Crippen molar-refractivity contribution < 1.29 is 9.47 Å². The van der Waals surface area contributed by atoms with E-state index in [1.807, 2.05) is 0 Å². The van der Waals surface area contributed by atoms with E-state index in [0.29, 0.717) is 13.2 Å². The van der Waals surface area contributed by atoms with Crippen LogP contribution in [-0.2, 0) is 9.47 Å². The molecule has 2 fully saturated rings. The fourth-order valence-corrected chi connectivity index (χ4v) is 1.98. The Bertz CT molecular complexity index is 126. The molecule has 0 amide bonds. The zero-order valence-corrected chi connectivity index (χ0v) is 6.81. The van der Waals surface area contributed by atoms with Crippen molar-refractivity contribution >= 4 is 23.2 Å². The van der Waals surface area contributed by atoms with Crippen molar-refractivity contribution in [3.63, 3.8) is 0 Å². The van der Waals surface area contributed by atoms with Gasteiger partial charge in [0.1, 0.15) is 12.2 Å². The molecule has 0 spiro atoms. The molecule has 0 bridgehead atoms. The van der Waals surface area contributed by atoms with Gasteiger partial charge in [-0.2, -0.15) is 0 Å². The summed E-state index contributed by atoms with van der Waals surface area (Å²) in [6, 6.07) is 0.